The van der Waals surface area contributed by atoms with Crippen LogP contribution in [0.1, 0.15) is 5.56 Å². The summed E-state index contributed by atoms with van der Waals surface area (Å²) in [5.41, 5.74) is 0.794. The molecule has 0 aliphatic carbocycles. The van der Waals surface area contributed by atoms with E-state index >= 15 is 0 Å². The molecule has 0 bridgehead atoms. The van der Waals surface area contributed by atoms with E-state index in [9.17, 15) is 9.59 Å². The number of ether oxygens (including phenoxy) is 3. The average Bonchev–Trinajstić information content (AvgIpc) is 2.71. The number of benzene rings is 2. The summed E-state index contributed by atoms with van der Waals surface area (Å²) in [5, 5.41) is 3.58. The maximum absolute atomic E-state index is 12.0. The Balaban J connectivity index is 1.88. The van der Waals surface area contributed by atoms with Crippen LogP contribution in [0.25, 0.3) is 0 Å². The maximum atomic E-state index is 12.0. The maximum Gasteiger partial charge on any atom is 0.259 e. The van der Waals surface area contributed by atoms with Crippen LogP contribution in [-0.4, -0.2) is 51.1 Å². The first-order valence-electron chi connectivity index (χ1n) is 8.64. The second kappa shape index (κ2) is 10.8. The van der Waals surface area contributed by atoms with Gasteiger partial charge in [-0.15, -0.1) is 0 Å². The third-order valence-corrected chi connectivity index (χ3v) is 4.37. The third-order valence-electron chi connectivity index (χ3n) is 3.82. The molecule has 2 amide bonds. The number of hydrogen-bond acceptors (Lipinski definition) is 5. The molecule has 0 aromatic heterocycles. The van der Waals surface area contributed by atoms with Gasteiger partial charge in [-0.3, -0.25) is 9.59 Å². The lowest BCUT2D eigenvalue weighted by molar-refractivity contribution is -0.130. The van der Waals surface area contributed by atoms with Gasteiger partial charge in [0.1, 0.15) is 5.75 Å². The summed E-state index contributed by atoms with van der Waals surface area (Å²) in [5.74, 6) is 0.756. The van der Waals surface area contributed by atoms with E-state index < -0.39 is 0 Å². The van der Waals surface area contributed by atoms with Gasteiger partial charge in [-0.2, -0.15) is 0 Å². The summed E-state index contributed by atoms with van der Waals surface area (Å²) in [4.78, 5) is 25.1. The zero-order valence-electron chi connectivity index (χ0n) is 16.3. The fourth-order valence-electron chi connectivity index (χ4n) is 2.19. The highest BCUT2D eigenvalue weighted by Crippen LogP contribution is 2.29. The van der Waals surface area contributed by atoms with E-state index in [1.54, 1.807) is 50.5 Å². The van der Waals surface area contributed by atoms with Crippen molar-refractivity contribution in [3.8, 4) is 17.2 Å². The van der Waals surface area contributed by atoms with Crippen molar-refractivity contribution < 1.29 is 23.8 Å². The molecule has 0 spiro atoms. The van der Waals surface area contributed by atoms with Gasteiger partial charge in [0.25, 0.3) is 11.8 Å². The molecule has 2 aromatic rings. The minimum absolute atomic E-state index is 0.0944. The SMILES string of the molecule is COc1cc(CNC(=O)COc2cc(Cl)ccc2Cl)ccc1OCC(=O)N(C)C. The number of rotatable bonds is 9. The van der Waals surface area contributed by atoms with Crippen molar-refractivity contribution in [2.75, 3.05) is 34.4 Å². The predicted octanol–water partition coefficient (Wildman–Crippen LogP) is 3.16. The van der Waals surface area contributed by atoms with Crippen molar-refractivity contribution in [3.05, 3.63) is 52.0 Å². The van der Waals surface area contributed by atoms with Gasteiger partial charge >= 0.3 is 0 Å². The number of amides is 2. The van der Waals surface area contributed by atoms with Crippen LogP contribution < -0.4 is 19.5 Å². The summed E-state index contributed by atoms with van der Waals surface area (Å²) >= 11 is 11.9. The van der Waals surface area contributed by atoms with E-state index in [0.717, 1.165) is 5.56 Å². The van der Waals surface area contributed by atoms with Crippen LogP contribution in [0.15, 0.2) is 36.4 Å². The molecule has 2 rings (SSSR count). The van der Waals surface area contributed by atoms with Gasteiger partial charge in [0, 0.05) is 31.7 Å². The molecule has 1 N–H and O–H groups in total. The Bertz CT molecular complexity index is 874. The minimum atomic E-state index is -0.322. The first-order valence-corrected chi connectivity index (χ1v) is 9.40. The van der Waals surface area contributed by atoms with Crippen molar-refractivity contribution >= 4 is 35.0 Å². The van der Waals surface area contributed by atoms with Crippen LogP contribution in [0.4, 0.5) is 0 Å². The highest BCUT2D eigenvalue weighted by Gasteiger charge is 2.11. The number of carbonyl (C=O) groups excluding carboxylic acids is 2. The fraction of sp³-hybridized carbons (Fsp3) is 0.300. The zero-order valence-corrected chi connectivity index (χ0v) is 17.8. The summed E-state index contributed by atoms with van der Waals surface area (Å²) < 4.78 is 16.2. The molecule has 0 heterocycles. The van der Waals surface area contributed by atoms with E-state index in [0.29, 0.717) is 27.3 Å². The molecule has 0 radical (unpaired) electrons. The molecule has 29 heavy (non-hydrogen) atoms. The molecule has 0 atom stereocenters. The van der Waals surface area contributed by atoms with Crippen LogP contribution in [0, 0.1) is 0 Å². The first kappa shape index (κ1) is 22.6. The second-order valence-electron chi connectivity index (χ2n) is 6.20. The van der Waals surface area contributed by atoms with E-state index in [1.165, 1.54) is 12.0 Å². The molecule has 0 saturated heterocycles. The molecule has 7 nitrogen and oxygen atoms in total. The number of halogens is 2. The molecule has 0 fully saturated rings. The molecule has 0 aliphatic heterocycles. The van der Waals surface area contributed by atoms with Gasteiger partial charge in [0.15, 0.2) is 24.7 Å². The Morgan fingerprint density at radius 1 is 0.966 bits per heavy atom. The molecule has 156 valence electrons. The number of likely N-dealkylation sites (N-methyl/N-ethyl adjacent to an activating group) is 1. The Hall–Kier alpha value is -2.64. The highest BCUT2D eigenvalue weighted by atomic mass is 35.5. The van der Waals surface area contributed by atoms with Crippen LogP contribution in [0.3, 0.4) is 0 Å². The van der Waals surface area contributed by atoms with Crippen molar-refractivity contribution in [1.82, 2.24) is 10.2 Å². The number of methoxy groups -OCH3 is 1. The number of nitrogens with zero attached hydrogens (tertiary/aromatic N) is 1. The lowest BCUT2D eigenvalue weighted by Crippen LogP contribution is -2.28. The van der Waals surface area contributed by atoms with Crippen molar-refractivity contribution in [2.45, 2.75) is 6.54 Å². The van der Waals surface area contributed by atoms with E-state index in [1.807, 2.05) is 0 Å². The van der Waals surface area contributed by atoms with Gasteiger partial charge in [0.2, 0.25) is 0 Å². The normalized spacial score (nSPS) is 10.2. The predicted molar refractivity (Wildman–Crippen MR) is 111 cm³/mol. The molecule has 0 saturated carbocycles. The van der Waals surface area contributed by atoms with Gasteiger partial charge in [0.05, 0.1) is 12.1 Å². The van der Waals surface area contributed by atoms with Crippen LogP contribution in [0.5, 0.6) is 17.2 Å². The topological polar surface area (TPSA) is 77.1 Å². The summed E-state index contributed by atoms with van der Waals surface area (Å²) in [6.45, 7) is -0.0351. The Morgan fingerprint density at radius 3 is 2.38 bits per heavy atom. The lowest BCUT2D eigenvalue weighted by Gasteiger charge is -2.14. The Kier molecular flexibility index (Phi) is 8.42. The minimum Gasteiger partial charge on any atom is -0.493 e. The molecular formula is C20H22Cl2N2O5. The van der Waals surface area contributed by atoms with Crippen molar-refractivity contribution in [1.29, 1.82) is 0 Å². The lowest BCUT2D eigenvalue weighted by atomic mass is 10.2. The molecule has 0 unspecified atom stereocenters. The summed E-state index contributed by atoms with van der Waals surface area (Å²) in [6.07, 6.45) is 0. The number of nitrogens with one attached hydrogen (secondary N) is 1. The summed E-state index contributed by atoms with van der Waals surface area (Å²) in [6, 6.07) is 9.96. The van der Waals surface area contributed by atoms with Crippen molar-refractivity contribution in [2.24, 2.45) is 0 Å². The standard InChI is InChI=1S/C20H22Cl2N2O5/c1-24(2)20(26)12-29-16-7-4-13(8-18(16)27-3)10-23-19(25)11-28-17-9-14(21)5-6-15(17)22/h4-9H,10-12H2,1-3H3,(H,23,25). The monoisotopic (exact) mass is 440 g/mol. The van der Waals surface area contributed by atoms with E-state index in [2.05, 4.69) is 5.32 Å². The smallest absolute Gasteiger partial charge is 0.259 e. The molecule has 2 aromatic carbocycles. The van der Waals surface area contributed by atoms with E-state index in [-0.39, 0.29) is 31.6 Å². The number of hydrogen-bond donors (Lipinski definition) is 1. The number of carbonyl (C=O) groups is 2. The first-order chi connectivity index (χ1) is 13.8. The fourth-order valence-corrected chi connectivity index (χ4v) is 2.53. The molecule has 0 aliphatic rings. The Labute approximate surface area is 179 Å². The van der Waals surface area contributed by atoms with Gasteiger partial charge < -0.3 is 24.4 Å². The molecule has 9 heteroatoms. The van der Waals surface area contributed by atoms with E-state index in [4.69, 9.17) is 37.4 Å². The van der Waals surface area contributed by atoms with Gasteiger partial charge in [-0.05, 0) is 29.8 Å². The summed E-state index contributed by atoms with van der Waals surface area (Å²) in [7, 11) is 4.80. The third kappa shape index (κ3) is 7.03. The largest absolute Gasteiger partial charge is 0.493 e. The van der Waals surface area contributed by atoms with Crippen LogP contribution >= 0.6 is 23.2 Å². The van der Waals surface area contributed by atoms with Crippen LogP contribution in [0.2, 0.25) is 10.0 Å². The zero-order chi connectivity index (χ0) is 21.4. The van der Waals surface area contributed by atoms with Gasteiger partial charge in [-0.1, -0.05) is 29.3 Å². The van der Waals surface area contributed by atoms with Crippen molar-refractivity contribution in [3.63, 3.8) is 0 Å². The quantitative estimate of drug-likeness (QED) is 0.647. The van der Waals surface area contributed by atoms with Gasteiger partial charge in [-0.25, -0.2) is 0 Å². The second-order valence-corrected chi connectivity index (χ2v) is 7.05. The Morgan fingerprint density at radius 2 is 1.69 bits per heavy atom. The highest BCUT2D eigenvalue weighted by molar-refractivity contribution is 6.34. The van der Waals surface area contributed by atoms with Crippen LogP contribution in [-0.2, 0) is 16.1 Å². The molecular weight excluding hydrogens is 419 g/mol. The average molecular weight is 441 g/mol.